The van der Waals surface area contributed by atoms with E-state index < -0.39 is 5.97 Å². The number of hydrogen-bond donors (Lipinski definition) is 2. The molecule has 0 unspecified atom stereocenters. The third kappa shape index (κ3) is 2.36. The molecule has 14 heavy (non-hydrogen) atoms. The molecule has 75 valence electrons. The monoisotopic (exact) mass is 258 g/mol. The van der Waals surface area contributed by atoms with Gasteiger partial charge in [-0.05, 0) is 12.1 Å². The lowest BCUT2D eigenvalue weighted by Crippen LogP contribution is -2.07. The van der Waals surface area contributed by atoms with Gasteiger partial charge in [-0.15, -0.1) is 0 Å². The zero-order valence-electron chi connectivity index (χ0n) is 7.45. The van der Waals surface area contributed by atoms with Crippen molar-refractivity contribution in [3.63, 3.8) is 0 Å². The lowest BCUT2D eigenvalue weighted by Gasteiger charge is -2.06. The highest BCUT2D eigenvalue weighted by molar-refractivity contribution is 9.10. The summed E-state index contributed by atoms with van der Waals surface area (Å²) in [5, 5.41) is 0. The van der Waals surface area contributed by atoms with E-state index in [1.165, 1.54) is 7.11 Å². The molecule has 0 aliphatic carbocycles. The molecule has 1 rings (SSSR count). The minimum atomic E-state index is -0.495. The van der Waals surface area contributed by atoms with E-state index in [9.17, 15) is 4.79 Å². The van der Waals surface area contributed by atoms with Gasteiger partial charge < -0.3 is 16.2 Å². The van der Waals surface area contributed by atoms with E-state index >= 15 is 0 Å². The van der Waals surface area contributed by atoms with Crippen molar-refractivity contribution >= 4 is 33.3 Å². The van der Waals surface area contributed by atoms with Gasteiger partial charge in [-0.1, -0.05) is 15.9 Å². The van der Waals surface area contributed by atoms with Crippen molar-refractivity contribution in [2.24, 2.45) is 0 Å². The average Bonchev–Trinajstić information content (AvgIpc) is 2.10. The third-order valence-corrected chi connectivity index (χ3v) is 2.04. The van der Waals surface area contributed by atoms with Crippen LogP contribution in [0.4, 0.5) is 11.4 Å². The molecule has 5 nitrogen and oxygen atoms in total. The summed E-state index contributed by atoms with van der Waals surface area (Å²) in [6.07, 6.45) is 0. The van der Waals surface area contributed by atoms with Crippen LogP contribution in [-0.4, -0.2) is 13.1 Å². The van der Waals surface area contributed by atoms with Crippen LogP contribution >= 0.6 is 15.9 Å². The number of carbonyl (C=O) groups is 1. The van der Waals surface area contributed by atoms with Gasteiger partial charge in [0.2, 0.25) is 0 Å². The molecule has 0 saturated heterocycles. The minimum absolute atomic E-state index is 0. The molecule has 0 atom stereocenters. The van der Waals surface area contributed by atoms with E-state index in [-0.39, 0.29) is 17.4 Å². The van der Waals surface area contributed by atoms with E-state index in [1.54, 1.807) is 12.1 Å². The van der Waals surface area contributed by atoms with Crippen LogP contribution in [0, 0.1) is 0 Å². The maximum Gasteiger partial charge on any atom is 0.340 e. The van der Waals surface area contributed by atoms with Gasteiger partial charge in [0.1, 0.15) is 0 Å². The zero-order valence-corrected chi connectivity index (χ0v) is 9.04. The Kier molecular flexibility index (Phi) is 4.39. The number of esters is 1. The standard InChI is InChI=1S/C8H9BrN2O2.N/c1-13-8(12)5-2-4(9)3-6(10)7(5)11;/h2-3H,10-11H2,1H3;. The van der Waals surface area contributed by atoms with E-state index in [4.69, 9.17) is 11.5 Å². The largest absolute Gasteiger partial charge is 0.465 e. The SMILES string of the molecule is COC(=O)c1cc(Br)cc(N)c1N.[N]. The van der Waals surface area contributed by atoms with Gasteiger partial charge in [0, 0.05) is 10.6 Å². The number of hydrogen-bond acceptors (Lipinski definition) is 4. The van der Waals surface area contributed by atoms with Crippen molar-refractivity contribution in [3.05, 3.63) is 22.2 Å². The number of nitrogens with zero attached hydrogens (tertiary/aromatic N) is 1. The Bertz CT molecular complexity index is 355. The highest BCUT2D eigenvalue weighted by atomic mass is 79.9. The second kappa shape index (κ2) is 4.83. The average molecular weight is 259 g/mol. The molecule has 1 aromatic carbocycles. The summed E-state index contributed by atoms with van der Waals surface area (Å²) in [6.45, 7) is 0. The van der Waals surface area contributed by atoms with Crippen molar-refractivity contribution < 1.29 is 9.53 Å². The quantitative estimate of drug-likeness (QED) is 0.577. The number of carbonyl (C=O) groups excluding carboxylic acids is 1. The Morgan fingerprint density at radius 1 is 1.43 bits per heavy atom. The van der Waals surface area contributed by atoms with Crippen molar-refractivity contribution in [2.45, 2.75) is 0 Å². The molecule has 0 aliphatic heterocycles. The Hall–Kier alpha value is -1.27. The fourth-order valence-electron chi connectivity index (χ4n) is 0.918. The topological polar surface area (TPSA) is 109 Å². The number of benzene rings is 1. The van der Waals surface area contributed by atoms with Crippen LogP contribution in [-0.2, 0) is 4.74 Å². The Morgan fingerprint density at radius 2 is 2.00 bits per heavy atom. The zero-order chi connectivity index (χ0) is 10.0. The maximum atomic E-state index is 11.2. The van der Waals surface area contributed by atoms with Crippen LogP contribution in [0.15, 0.2) is 16.6 Å². The molecule has 1 aromatic rings. The number of nitrogens with two attached hydrogens (primary N) is 2. The van der Waals surface area contributed by atoms with Gasteiger partial charge in [0.25, 0.3) is 0 Å². The molecule has 0 heterocycles. The number of nitrogen functional groups attached to an aromatic ring is 2. The van der Waals surface area contributed by atoms with Gasteiger partial charge in [-0.25, -0.2) is 4.79 Å². The van der Waals surface area contributed by atoms with E-state index in [2.05, 4.69) is 20.7 Å². The molecule has 6 heteroatoms. The first-order valence-corrected chi connectivity index (χ1v) is 4.28. The summed E-state index contributed by atoms with van der Waals surface area (Å²) in [7, 11) is 1.29. The molecule has 0 fully saturated rings. The summed E-state index contributed by atoms with van der Waals surface area (Å²) < 4.78 is 5.23. The van der Waals surface area contributed by atoms with Gasteiger partial charge in [0.05, 0.1) is 24.0 Å². The van der Waals surface area contributed by atoms with E-state index in [0.717, 1.165) is 0 Å². The molecular weight excluding hydrogens is 250 g/mol. The van der Waals surface area contributed by atoms with E-state index in [1.807, 2.05) is 0 Å². The van der Waals surface area contributed by atoms with Crippen LogP contribution in [0.5, 0.6) is 0 Å². The number of rotatable bonds is 1. The molecule has 0 saturated carbocycles. The maximum absolute atomic E-state index is 11.2. The third-order valence-electron chi connectivity index (χ3n) is 1.58. The van der Waals surface area contributed by atoms with E-state index in [0.29, 0.717) is 10.2 Å². The molecule has 0 spiro atoms. The van der Waals surface area contributed by atoms with Crippen LogP contribution in [0.1, 0.15) is 10.4 Å². The molecule has 0 bridgehead atoms. The molecule has 0 aliphatic rings. The number of ether oxygens (including phenoxy) is 1. The highest BCUT2D eigenvalue weighted by Gasteiger charge is 2.12. The number of anilines is 2. The second-order valence-corrected chi connectivity index (χ2v) is 3.36. The first-order valence-electron chi connectivity index (χ1n) is 3.49. The Balaban J connectivity index is 0.00000169. The van der Waals surface area contributed by atoms with Gasteiger partial charge in [0.15, 0.2) is 0 Å². The highest BCUT2D eigenvalue weighted by Crippen LogP contribution is 2.25. The summed E-state index contributed by atoms with van der Waals surface area (Å²) in [5.41, 5.74) is 12.0. The molecular formula is C8H9BrN3O2. The Morgan fingerprint density at radius 3 is 2.50 bits per heavy atom. The van der Waals surface area contributed by atoms with Gasteiger partial charge in [-0.2, -0.15) is 0 Å². The predicted octanol–water partition coefficient (Wildman–Crippen LogP) is 0.919. The molecule has 3 radical (unpaired) electrons. The minimum Gasteiger partial charge on any atom is -0.465 e. The van der Waals surface area contributed by atoms with Crippen molar-refractivity contribution in [2.75, 3.05) is 18.6 Å². The van der Waals surface area contributed by atoms with Gasteiger partial charge >= 0.3 is 5.97 Å². The van der Waals surface area contributed by atoms with Crippen LogP contribution in [0.25, 0.3) is 0 Å². The van der Waals surface area contributed by atoms with Crippen molar-refractivity contribution in [1.82, 2.24) is 6.15 Å². The fraction of sp³-hybridized carbons (Fsp3) is 0.125. The number of halogens is 1. The lowest BCUT2D eigenvalue weighted by atomic mass is 10.1. The summed E-state index contributed by atoms with van der Waals surface area (Å²) in [5.74, 6) is -0.495. The van der Waals surface area contributed by atoms with Gasteiger partial charge in [-0.3, -0.25) is 0 Å². The smallest absolute Gasteiger partial charge is 0.340 e. The van der Waals surface area contributed by atoms with Crippen LogP contribution in [0.3, 0.4) is 0 Å². The fourth-order valence-corrected chi connectivity index (χ4v) is 1.39. The molecule has 0 aromatic heterocycles. The lowest BCUT2D eigenvalue weighted by molar-refractivity contribution is 0.0602. The first-order chi connectivity index (χ1) is 6.06. The second-order valence-electron chi connectivity index (χ2n) is 2.45. The first kappa shape index (κ1) is 12.7. The normalized spacial score (nSPS) is 9.00. The summed E-state index contributed by atoms with van der Waals surface area (Å²) in [6, 6.07) is 3.19. The van der Waals surface area contributed by atoms with Crippen LogP contribution in [0.2, 0.25) is 0 Å². The van der Waals surface area contributed by atoms with Crippen molar-refractivity contribution in [1.29, 1.82) is 0 Å². The molecule has 0 amide bonds. The summed E-state index contributed by atoms with van der Waals surface area (Å²) in [4.78, 5) is 11.2. The number of methoxy groups -OCH3 is 1. The Labute approximate surface area is 90.1 Å². The summed E-state index contributed by atoms with van der Waals surface area (Å²) >= 11 is 3.20. The molecule has 4 N–H and O–H groups in total. The van der Waals surface area contributed by atoms with Crippen LogP contribution < -0.4 is 17.6 Å². The van der Waals surface area contributed by atoms with Crippen molar-refractivity contribution in [3.8, 4) is 0 Å². The predicted molar refractivity (Wildman–Crippen MR) is 56.4 cm³/mol.